The number of fused-ring (bicyclic) bond motifs is 3. The lowest BCUT2D eigenvalue weighted by Gasteiger charge is -2.13. The molecule has 3 aromatic carbocycles. The summed E-state index contributed by atoms with van der Waals surface area (Å²) >= 11 is 0. The number of benzene rings is 3. The van der Waals surface area contributed by atoms with Gasteiger partial charge in [0.05, 0.1) is 17.4 Å². The quantitative estimate of drug-likeness (QED) is 0.361. The van der Waals surface area contributed by atoms with Gasteiger partial charge in [0.15, 0.2) is 0 Å². The lowest BCUT2D eigenvalue weighted by atomic mass is 10.0. The van der Waals surface area contributed by atoms with Crippen LogP contribution in [0.4, 0.5) is 0 Å². The molecule has 0 spiro atoms. The minimum absolute atomic E-state index is 0.0354. The average molecular weight is 480 g/mol. The van der Waals surface area contributed by atoms with Crippen molar-refractivity contribution >= 4 is 22.6 Å². The number of carbonyl (C=O) groups excluding carboxylic acids is 1. The lowest BCUT2D eigenvalue weighted by Crippen LogP contribution is -2.28. The summed E-state index contributed by atoms with van der Waals surface area (Å²) in [5.74, 6) is 1.33. The number of para-hydroxylation sites is 1. The summed E-state index contributed by atoms with van der Waals surface area (Å²) in [4.78, 5) is 26.0. The fourth-order valence-electron chi connectivity index (χ4n) is 4.47. The van der Waals surface area contributed by atoms with Gasteiger partial charge < -0.3 is 5.32 Å². The molecule has 0 aliphatic heterocycles. The van der Waals surface area contributed by atoms with E-state index in [1.165, 1.54) is 5.56 Å². The molecule has 36 heavy (non-hydrogen) atoms. The second-order valence-electron chi connectivity index (χ2n) is 9.26. The van der Waals surface area contributed by atoms with Crippen LogP contribution in [0.2, 0.25) is 0 Å². The third-order valence-electron chi connectivity index (χ3n) is 6.59. The fourth-order valence-corrected chi connectivity index (χ4v) is 4.47. The summed E-state index contributed by atoms with van der Waals surface area (Å²) in [5.41, 5.74) is 4.01. The zero-order chi connectivity index (χ0) is 25.1. The first-order valence-corrected chi connectivity index (χ1v) is 12.2. The topological polar surface area (TPSA) is 81.3 Å². The van der Waals surface area contributed by atoms with Gasteiger partial charge in [0.1, 0.15) is 5.82 Å². The van der Waals surface area contributed by atoms with Crippen LogP contribution in [0.5, 0.6) is 0 Å². The zero-order valence-electron chi connectivity index (χ0n) is 20.5. The number of rotatable bonds is 8. The molecule has 0 saturated carbocycles. The highest BCUT2D eigenvalue weighted by Gasteiger charge is 2.17. The van der Waals surface area contributed by atoms with Crippen LogP contribution in [0.1, 0.15) is 41.8 Å². The largest absolute Gasteiger partial charge is 0.355 e. The van der Waals surface area contributed by atoms with Crippen molar-refractivity contribution in [3.63, 3.8) is 0 Å². The summed E-state index contributed by atoms with van der Waals surface area (Å²) in [6.07, 6.45) is 0.702. The highest BCUT2D eigenvalue weighted by Crippen LogP contribution is 2.17. The van der Waals surface area contributed by atoms with Crippen molar-refractivity contribution in [2.24, 2.45) is 0 Å². The van der Waals surface area contributed by atoms with Gasteiger partial charge in [0.25, 0.3) is 5.56 Å². The van der Waals surface area contributed by atoms with E-state index in [0.717, 1.165) is 16.6 Å². The maximum absolute atomic E-state index is 13.4. The van der Waals surface area contributed by atoms with Crippen molar-refractivity contribution in [3.8, 4) is 0 Å². The Hall–Kier alpha value is -4.26. The molecular formula is C29H29N5O2. The van der Waals surface area contributed by atoms with Crippen molar-refractivity contribution in [1.29, 1.82) is 0 Å². The van der Waals surface area contributed by atoms with Gasteiger partial charge in [-0.2, -0.15) is 0 Å². The van der Waals surface area contributed by atoms with E-state index in [1.807, 2.05) is 78.1 Å². The first kappa shape index (κ1) is 23.5. The predicted octanol–water partition coefficient (Wildman–Crippen LogP) is 4.25. The van der Waals surface area contributed by atoms with Crippen LogP contribution >= 0.6 is 0 Å². The second kappa shape index (κ2) is 10.2. The Morgan fingerprint density at radius 3 is 2.44 bits per heavy atom. The van der Waals surface area contributed by atoms with Gasteiger partial charge in [-0.05, 0) is 36.1 Å². The third-order valence-corrected chi connectivity index (χ3v) is 6.59. The number of aromatic nitrogens is 4. The maximum atomic E-state index is 13.4. The Morgan fingerprint density at radius 2 is 1.67 bits per heavy atom. The number of hydrogen-bond acceptors (Lipinski definition) is 4. The number of aryl methyl sites for hydroxylation is 2. The van der Waals surface area contributed by atoms with E-state index in [4.69, 9.17) is 0 Å². The molecule has 5 aromatic rings. The number of amides is 1. The number of nitrogens with one attached hydrogen (secondary N) is 1. The minimum Gasteiger partial charge on any atom is -0.355 e. The summed E-state index contributed by atoms with van der Waals surface area (Å²) in [5, 5.41) is 12.4. The first-order chi connectivity index (χ1) is 17.5. The Bertz CT molecular complexity index is 1570. The second-order valence-corrected chi connectivity index (χ2v) is 9.26. The summed E-state index contributed by atoms with van der Waals surface area (Å²) in [7, 11) is 0. The van der Waals surface area contributed by atoms with Gasteiger partial charge in [-0.25, -0.2) is 0 Å². The van der Waals surface area contributed by atoms with Crippen molar-refractivity contribution in [1.82, 2.24) is 24.5 Å². The highest BCUT2D eigenvalue weighted by molar-refractivity contribution is 5.80. The molecule has 0 aliphatic rings. The van der Waals surface area contributed by atoms with Crippen LogP contribution in [0.3, 0.4) is 0 Å². The van der Waals surface area contributed by atoms with E-state index in [1.54, 1.807) is 4.57 Å². The van der Waals surface area contributed by atoms with Crippen molar-refractivity contribution in [2.75, 3.05) is 6.54 Å². The highest BCUT2D eigenvalue weighted by atomic mass is 16.1. The monoisotopic (exact) mass is 479 g/mol. The van der Waals surface area contributed by atoms with Gasteiger partial charge in [0.2, 0.25) is 11.7 Å². The van der Waals surface area contributed by atoms with Gasteiger partial charge in [0, 0.05) is 19.4 Å². The van der Waals surface area contributed by atoms with Crippen molar-refractivity contribution < 1.29 is 4.79 Å². The molecule has 0 bridgehead atoms. The van der Waals surface area contributed by atoms with Crippen molar-refractivity contribution in [3.05, 3.63) is 112 Å². The van der Waals surface area contributed by atoms with Crippen LogP contribution in [0.25, 0.3) is 16.7 Å². The molecule has 1 N–H and O–H groups in total. The summed E-state index contributed by atoms with van der Waals surface area (Å²) < 4.78 is 3.57. The molecule has 0 aliphatic carbocycles. The molecule has 5 rings (SSSR count). The zero-order valence-corrected chi connectivity index (χ0v) is 20.5. The number of nitrogens with zero attached hydrogens (tertiary/aromatic N) is 4. The van der Waals surface area contributed by atoms with Gasteiger partial charge in [-0.1, -0.05) is 79.2 Å². The lowest BCUT2D eigenvalue weighted by molar-refractivity contribution is -0.121. The molecule has 182 valence electrons. The third kappa shape index (κ3) is 4.77. The van der Waals surface area contributed by atoms with E-state index in [9.17, 15) is 9.59 Å². The minimum atomic E-state index is -0.106. The molecule has 0 saturated heterocycles. The summed E-state index contributed by atoms with van der Waals surface area (Å²) in [6, 6.07) is 25.7. The van der Waals surface area contributed by atoms with Crippen LogP contribution in [0.15, 0.2) is 83.7 Å². The average Bonchev–Trinajstić information content (AvgIpc) is 3.34. The Balaban J connectivity index is 1.39. The molecule has 2 heterocycles. The van der Waals surface area contributed by atoms with E-state index >= 15 is 0 Å². The normalized spacial score (nSPS) is 12.2. The molecule has 2 aromatic heterocycles. The Kier molecular flexibility index (Phi) is 6.62. The number of carbonyl (C=O) groups is 1. The first-order valence-electron chi connectivity index (χ1n) is 12.2. The fraction of sp³-hybridized carbons (Fsp3) is 0.241. The SMILES string of the molecule is Cc1ccc(Cn2c(=O)c3ccccc3n3c(CCC(=O)NC[C@H](C)c4ccccc4)nnc23)cc1. The molecule has 0 radical (unpaired) electrons. The molecular weight excluding hydrogens is 450 g/mol. The molecule has 1 atom stereocenters. The van der Waals surface area contributed by atoms with Gasteiger partial charge in [-0.15, -0.1) is 10.2 Å². The predicted molar refractivity (Wildman–Crippen MR) is 141 cm³/mol. The van der Waals surface area contributed by atoms with Gasteiger partial charge >= 0.3 is 0 Å². The molecule has 7 heteroatoms. The van der Waals surface area contributed by atoms with E-state index in [2.05, 4.69) is 34.6 Å². The smallest absolute Gasteiger partial charge is 0.263 e. The molecule has 1 amide bonds. The standard InChI is InChI=1S/C29H29N5O2/c1-20-12-14-22(15-13-20)19-33-28(36)24-10-6-7-11-25(24)34-26(31-32-29(33)34)16-17-27(35)30-18-21(2)23-8-4-3-5-9-23/h3-15,21H,16-19H2,1-2H3,(H,30,35)/t21-/m0/s1. The number of hydrogen-bond donors (Lipinski definition) is 1. The van der Waals surface area contributed by atoms with Gasteiger partial charge in [-0.3, -0.25) is 18.6 Å². The summed E-state index contributed by atoms with van der Waals surface area (Å²) in [6.45, 7) is 5.10. The van der Waals surface area contributed by atoms with Crippen LogP contribution in [0, 0.1) is 6.92 Å². The van der Waals surface area contributed by atoms with E-state index in [-0.39, 0.29) is 23.8 Å². The Morgan fingerprint density at radius 1 is 0.944 bits per heavy atom. The molecule has 7 nitrogen and oxygen atoms in total. The molecule has 0 fully saturated rings. The van der Waals surface area contributed by atoms with Crippen LogP contribution in [-0.4, -0.2) is 31.6 Å². The van der Waals surface area contributed by atoms with E-state index < -0.39 is 0 Å². The van der Waals surface area contributed by atoms with Crippen LogP contribution in [-0.2, 0) is 17.8 Å². The van der Waals surface area contributed by atoms with E-state index in [0.29, 0.717) is 36.5 Å². The Labute approximate surface area is 209 Å². The molecule has 0 unspecified atom stereocenters. The van der Waals surface area contributed by atoms with Crippen molar-refractivity contribution in [2.45, 2.75) is 39.2 Å². The maximum Gasteiger partial charge on any atom is 0.263 e. The van der Waals surface area contributed by atoms with Crippen LogP contribution < -0.4 is 10.9 Å².